The second kappa shape index (κ2) is 6.24. The standard InChI is InChI=1S/C14H12O2.Fe/c15-14(16)13(11-7-3-1-4-8-11)12-9-5-2-6-10-12;/h1-10,13H,(H,15,16);. The second-order valence-electron chi connectivity index (χ2n) is 3.59. The Balaban J connectivity index is 0.00000144. The molecule has 0 spiro atoms. The van der Waals surface area contributed by atoms with Gasteiger partial charge in [-0.15, -0.1) is 0 Å². The van der Waals surface area contributed by atoms with Crippen LogP contribution in [-0.2, 0) is 21.9 Å². The third-order valence-corrected chi connectivity index (χ3v) is 2.51. The van der Waals surface area contributed by atoms with Crippen LogP contribution < -0.4 is 0 Å². The van der Waals surface area contributed by atoms with Crippen LogP contribution in [0.5, 0.6) is 0 Å². The first-order valence-electron chi connectivity index (χ1n) is 5.12. The van der Waals surface area contributed by atoms with Crippen LogP contribution in [0.3, 0.4) is 0 Å². The summed E-state index contributed by atoms with van der Waals surface area (Å²) in [6, 6.07) is 18.5. The molecule has 2 rings (SSSR count). The molecule has 0 saturated heterocycles. The number of aliphatic carboxylic acids is 1. The van der Waals surface area contributed by atoms with Gasteiger partial charge in [-0.3, -0.25) is 4.79 Å². The average molecular weight is 268 g/mol. The maximum atomic E-state index is 11.3. The molecule has 0 saturated carbocycles. The van der Waals surface area contributed by atoms with Crippen molar-refractivity contribution in [3.8, 4) is 0 Å². The molecular weight excluding hydrogens is 256 g/mol. The van der Waals surface area contributed by atoms with Gasteiger partial charge < -0.3 is 5.11 Å². The van der Waals surface area contributed by atoms with Gasteiger partial charge in [0.1, 0.15) is 5.92 Å². The number of rotatable bonds is 3. The van der Waals surface area contributed by atoms with Crippen LogP contribution in [0.1, 0.15) is 17.0 Å². The molecule has 2 aromatic rings. The molecule has 0 radical (unpaired) electrons. The van der Waals surface area contributed by atoms with Crippen molar-refractivity contribution in [1.82, 2.24) is 0 Å². The zero-order valence-corrected chi connectivity index (χ0v) is 10.2. The van der Waals surface area contributed by atoms with E-state index in [4.69, 9.17) is 0 Å². The predicted molar refractivity (Wildman–Crippen MR) is 62.4 cm³/mol. The summed E-state index contributed by atoms with van der Waals surface area (Å²) in [5, 5.41) is 9.28. The fraction of sp³-hybridized carbons (Fsp3) is 0.0714. The number of carboxylic acids is 1. The first kappa shape index (κ1) is 13.5. The van der Waals surface area contributed by atoms with Gasteiger partial charge in [0, 0.05) is 17.1 Å². The molecule has 2 nitrogen and oxygen atoms in total. The summed E-state index contributed by atoms with van der Waals surface area (Å²) in [6.45, 7) is 0. The molecule has 2 aromatic carbocycles. The molecule has 88 valence electrons. The molecule has 0 atom stereocenters. The Labute approximate surface area is 111 Å². The minimum atomic E-state index is -0.822. The van der Waals surface area contributed by atoms with Crippen molar-refractivity contribution in [3.05, 3.63) is 71.8 Å². The number of benzene rings is 2. The Hall–Kier alpha value is -1.57. The zero-order chi connectivity index (χ0) is 11.4. The molecule has 1 N–H and O–H groups in total. The Kier molecular flexibility index (Phi) is 4.95. The smallest absolute Gasteiger partial charge is 0.315 e. The van der Waals surface area contributed by atoms with Crippen LogP contribution in [0.25, 0.3) is 0 Å². The predicted octanol–water partition coefficient (Wildman–Crippen LogP) is 2.90. The van der Waals surface area contributed by atoms with E-state index in [1.165, 1.54) is 0 Å². The minimum absolute atomic E-state index is 0. The van der Waals surface area contributed by atoms with Gasteiger partial charge in [-0.2, -0.15) is 0 Å². The first-order chi connectivity index (χ1) is 7.79. The van der Waals surface area contributed by atoms with E-state index in [1.807, 2.05) is 60.7 Å². The van der Waals surface area contributed by atoms with Crippen molar-refractivity contribution in [2.45, 2.75) is 5.92 Å². The molecule has 17 heavy (non-hydrogen) atoms. The summed E-state index contributed by atoms with van der Waals surface area (Å²) in [7, 11) is 0. The van der Waals surface area contributed by atoms with Gasteiger partial charge in [0.25, 0.3) is 0 Å². The number of hydrogen-bond donors (Lipinski definition) is 1. The molecule has 0 aliphatic carbocycles. The van der Waals surface area contributed by atoms with Gasteiger partial charge in [0.15, 0.2) is 0 Å². The SMILES string of the molecule is O=C(O)C(c1ccccc1)c1ccccc1.[Fe]. The monoisotopic (exact) mass is 268 g/mol. The van der Waals surface area contributed by atoms with E-state index in [0.717, 1.165) is 11.1 Å². The molecule has 0 aliphatic heterocycles. The van der Waals surface area contributed by atoms with Crippen molar-refractivity contribution in [3.63, 3.8) is 0 Å². The summed E-state index contributed by atoms with van der Waals surface area (Å²) in [4.78, 5) is 11.3. The molecular formula is C14H12FeO2. The Morgan fingerprint density at radius 3 is 1.47 bits per heavy atom. The van der Waals surface area contributed by atoms with Gasteiger partial charge in [-0.25, -0.2) is 0 Å². The summed E-state index contributed by atoms with van der Waals surface area (Å²) in [5.41, 5.74) is 1.61. The van der Waals surface area contributed by atoms with Crippen LogP contribution in [0.15, 0.2) is 60.7 Å². The van der Waals surface area contributed by atoms with Crippen LogP contribution in [-0.4, -0.2) is 11.1 Å². The third-order valence-electron chi connectivity index (χ3n) is 2.51. The first-order valence-corrected chi connectivity index (χ1v) is 5.12. The van der Waals surface area contributed by atoms with Crippen molar-refractivity contribution in [2.24, 2.45) is 0 Å². The van der Waals surface area contributed by atoms with Gasteiger partial charge >= 0.3 is 5.97 Å². The number of hydrogen-bond acceptors (Lipinski definition) is 1. The topological polar surface area (TPSA) is 37.3 Å². The molecule has 0 bridgehead atoms. The van der Waals surface area contributed by atoms with E-state index in [9.17, 15) is 9.90 Å². The second-order valence-corrected chi connectivity index (χ2v) is 3.59. The zero-order valence-electron chi connectivity index (χ0n) is 9.06. The normalized spacial score (nSPS) is 9.71. The van der Waals surface area contributed by atoms with Crippen LogP contribution in [0.2, 0.25) is 0 Å². The van der Waals surface area contributed by atoms with Gasteiger partial charge in [-0.1, -0.05) is 60.7 Å². The Morgan fingerprint density at radius 1 is 0.824 bits per heavy atom. The van der Waals surface area contributed by atoms with Gasteiger partial charge in [-0.05, 0) is 11.1 Å². The van der Waals surface area contributed by atoms with E-state index < -0.39 is 11.9 Å². The fourth-order valence-electron chi connectivity index (χ4n) is 1.77. The molecule has 0 aliphatic rings. The summed E-state index contributed by atoms with van der Waals surface area (Å²) < 4.78 is 0. The van der Waals surface area contributed by atoms with E-state index in [2.05, 4.69) is 0 Å². The molecule has 0 heterocycles. The van der Waals surface area contributed by atoms with Crippen molar-refractivity contribution < 1.29 is 27.0 Å². The number of carboxylic acid groups (broad SMARTS) is 1. The van der Waals surface area contributed by atoms with E-state index in [0.29, 0.717) is 0 Å². The van der Waals surface area contributed by atoms with Crippen LogP contribution in [0, 0.1) is 0 Å². The minimum Gasteiger partial charge on any atom is -0.481 e. The molecule has 0 aromatic heterocycles. The Bertz CT molecular complexity index is 429. The maximum absolute atomic E-state index is 11.3. The van der Waals surface area contributed by atoms with Crippen molar-refractivity contribution in [1.29, 1.82) is 0 Å². The molecule has 3 heteroatoms. The van der Waals surface area contributed by atoms with Crippen LogP contribution in [0.4, 0.5) is 0 Å². The molecule has 0 amide bonds. The van der Waals surface area contributed by atoms with Gasteiger partial charge in [0.05, 0.1) is 0 Å². The average Bonchev–Trinajstić information content (AvgIpc) is 2.31. The quantitative estimate of drug-likeness (QED) is 0.869. The summed E-state index contributed by atoms with van der Waals surface area (Å²) in [6.07, 6.45) is 0. The van der Waals surface area contributed by atoms with Gasteiger partial charge in [0.2, 0.25) is 0 Å². The maximum Gasteiger partial charge on any atom is 0.315 e. The number of carbonyl (C=O) groups is 1. The fourth-order valence-corrected chi connectivity index (χ4v) is 1.77. The van der Waals surface area contributed by atoms with E-state index >= 15 is 0 Å². The molecule has 0 unspecified atom stereocenters. The van der Waals surface area contributed by atoms with Crippen molar-refractivity contribution >= 4 is 5.97 Å². The van der Waals surface area contributed by atoms with Crippen molar-refractivity contribution in [2.75, 3.05) is 0 Å². The summed E-state index contributed by atoms with van der Waals surface area (Å²) >= 11 is 0. The largest absolute Gasteiger partial charge is 0.481 e. The Morgan fingerprint density at radius 2 is 1.18 bits per heavy atom. The molecule has 0 fully saturated rings. The summed E-state index contributed by atoms with van der Waals surface area (Å²) in [5.74, 6) is -1.40. The van der Waals surface area contributed by atoms with E-state index in [1.54, 1.807) is 0 Å². The van der Waals surface area contributed by atoms with E-state index in [-0.39, 0.29) is 17.1 Å². The third kappa shape index (κ3) is 3.19. The van der Waals surface area contributed by atoms with Crippen LogP contribution >= 0.6 is 0 Å².